The van der Waals surface area contributed by atoms with E-state index in [1.54, 1.807) is 25.1 Å². The number of benzene rings is 1. The number of hydrogen-bond donors (Lipinski definition) is 1. The van der Waals surface area contributed by atoms with Crippen molar-refractivity contribution in [3.63, 3.8) is 0 Å². The Kier molecular flexibility index (Phi) is 5.35. The van der Waals surface area contributed by atoms with Gasteiger partial charge in [-0.25, -0.2) is 4.98 Å². The molecule has 1 aromatic heterocycles. The molecule has 24 heavy (non-hydrogen) atoms. The quantitative estimate of drug-likeness (QED) is 0.881. The van der Waals surface area contributed by atoms with Crippen molar-refractivity contribution >= 4 is 16.8 Å². The first-order chi connectivity index (χ1) is 11.3. The third-order valence-corrected chi connectivity index (χ3v) is 3.79. The summed E-state index contributed by atoms with van der Waals surface area (Å²) in [5.41, 5.74) is -0.423. The Morgan fingerprint density at radius 2 is 2.12 bits per heavy atom. The lowest BCUT2D eigenvalue weighted by Crippen LogP contribution is -2.46. The molecule has 126 valence electrons. The highest BCUT2D eigenvalue weighted by atomic mass is 16.2. The number of para-hydroxylation sites is 1. The molecule has 1 aromatic carbocycles. The molecule has 2 rings (SSSR count). The summed E-state index contributed by atoms with van der Waals surface area (Å²) >= 11 is 0. The maximum atomic E-state index is 12.4. The molecule has 2 aromatic rings. The lowest BCUT2D eigenvalue weighted by atomic mass is 9.92. The summed E-state index contributed by atoms with van der Waals surface area (Å²) < 4.78 is 1.42. The molecule has 0 aliphatic heterocycles. The minimum Gasteiger partial charge on any atom is -0.338 e. The zero-order valence-electron chi connectivity index (χ0n) is 14.2. The molecule has 0 aliphatic carbocycles. The van der Waals surface area contributed by atoms with Crippen molar-refractivity contribution in [2.45, 2.75) is 45.7 Å². The van der Waals surface area contributed by atoms with Crippen LogP contribution in [0.3, 0.4) is 0 Å². The Labute approximate surface area is 141 Å². The molecule has 0 saturated heterocycles. The van der Waals surface area contributed by atoms with Gasteiger partial charge in [0.05, 0.1) is 23.3 Å². The summed E-state index contributed by atoms with van der Waals surface area (Å²) in [6, 6.07) is 9.26. The van der Waals surface area contributed by atoms with E-state index < -0.39 is 5.54 Å². The number of nitrogens with zero attached hydrogens (tertiary/aromatic N) is 3. The first kappa shape index (κ1) is 17.7. The van der Waals surface area contributed by atoms with Gasteiger partial charge in [-0.3, -0.25) is 14.2 Å². The maximum absolute atomic E-state index is 12.4. The topological polar surface area (TPSA) is 87.8 Å². The highest BCUT2D eigenvalue weighted by Gasteiger charge is 2.26. The van der Waals surface area contributed by atoms with Crippen LogP contribution >= 0.6 is 0 Å². The van der Waals surface area contributed by atoms with Crippen molar-refractivity contribution < 1.29 is 4.79 Å². The molecular formula is C18H22N4O2. The molecule has 0 unspecified atom stereocenters. The SMILES string of the molecule is CC(C)C[C@@](C)(C#N)NC(=O)CCn1cnc2ccccc2c1=O. The Bertz CT molecular complexity index is 835. The Balaban J connectivity index is 2.06. The maximum Gasteiger partial charge on any atom is 0.261 e. The number of nitrogens with one attached hydrogen (secondary N) is 1. The van der Waals surface area contributed by atoms with Gasteiger partial charge in [0.2, 0.25) is 5.91 Å². The average molecular weight is 326 g/mol. The van der Waals surface area contributed by atoms with Crippen molar-refractivity contribution in [3.8, 4) is 6.07 Å². The minimum atomic E-state index is -0.891. The first-order valence-corrected chi connectivity index (χ1v) is 8.01. The van der Waals surface area contributed by atoms with E-state index >= 15 is 0 Å². The summed E-state index contributed by atoms with van der Waals surface area (Å²) in [6.07, 6.45) is 2.15. The van der Waals surface area contributed by atoms with Gasteiger partial charge in [-0.1, -0.05) is 26.0 Å². The highest BCUT2D eigenvalue weighted by Crippen LogP contribution is 2.15. The molecule has 0 saturated carbocycles. The fourth-order valence-corrected chi connectivity index (χ4v) is 2.80. The molecule has 1 amide bonds. The van der Waals surface area contributed by atoms with Gasteiger partial charge in [0.25, 0.3) is 5.56 Å². The van der Waals surface area contributed by atoms with E-state index in [1.807, 2.05) is 19.9 Å². The fourth-order valence-electron chi connectivity index (χ4n) is 2.80. The number of amides is 1. The number of fused-ring (bicyclic) bond motifs is 1. The Morgan fingerprint density at radius 3 is 2.79 bits per heavy atom. The predicted molar refractivity (Wildman–Crippen MR) is 92.2 cm³/mol. The number of aromatic nitrogens is 2. The normalized spacial score (nSPS) is 13.5. The van der Waals surface area contributed by atoms with Crippen molar-refractivity contribution in [2.24, 2.45) is 5.92 Å². The van der Waals surface area contributed by atoms with E-state index in [4.69, 9.17) is 0 Å². The van der Waals surface area contributed by atoms with Crippen LogP contribution in [0.2, 0.25) is 0 Å². The fraction of sp³-hybridized carbons (Fsp3) is 0.444. The summed E-state index contributed by atoms with van der Waals surface area (Å²) in [5.74, 6) is 0.0435. The molecule has 0 radical (unpaired) electrons. The van der Waals surface area contributed by atoms with Crippen LogP contribution in [-0.4, -0.2) is 21.0 Å². The zero-order valence-corrected chi connectivity index (χ0v) is 14.2. The second kappa shape index (κ2) is 7.26. The Hall–Kier alpha value is -2.68. The van der Waals surface area contributed by atoms with Crippen LogP contribution in [0.25, 0.3) is 10.9 Å². The van der Waals surface area contributed by atoms with Crippen molar-refractivity contribution in [2.75, 3.05) is 0 Å². The molecule has 6 heteroatoms. The lowest BCUT2D eigenvalue weighted by molar-refractivity contribution is -0.122. The van der Waals surface area contributed by atoms with Gasteiger partial charge in [-0.05, 0) is 31.4 Å². The molecule has 1 N–H and O–H groups in total. The molecule has 1 atom stereocenters. The second-order valence-corrected chi connectivity index (χ2v) is 6.60. The van der Waals surface area contributed by atoms with E-state index in [0.29, 0.717) is 23.2 Å². The smallest absolute Gasteiger partial charge is 0.261 e. The number of aryl methyl sites for hydroxylation is 1. The van der Waals surface area contributed by atoms with Crippen LogP contribution in [0.15, 0.2) is 35.4 Å². The molecular weight excluding hydrogens is 304 g/mol. The third kappa shape index (κ3) is 4.19. The van der Waals surface area contributed by atoms with Crippen LogP contribution in [0.4, 0.5) is 0 Å². The monoisotopic (exact) mass is 326 g/mol. The minimum absolute atomic E-state index is 0.120. The van der Waals surface area contributed by atoms with Gasteiger partial charge >= 0.3 is 0 Å². The van der Waals surface area contributed by atoms with Crippen molar-refractivity contribution in [1.82, 2.24) is 14.9 Å². The summed E-state index contributed by atoms with van der Waals surface area (Å²) in [4.78, 5) is 28.7. The van der Waals surface area contributed by atoms with E-state index in [-0.39, 0.29) is 24.4 Å². The standard InChI is InChI=1S/C18H22N4O2/c1-13(2)10-18(3,11-19)21-16(23)8-9-22-12-20-15-7-5-4-6-14(15)17(22)24/h4-7,12-13H,8-10H2,1-3H3,(H,21,23)/t18-/m0/s1. The van der Waals surface area contributed by atoms with Gasteiger partial charge in [0.15, 0.2) is 0 Å². The van der Waals surface area contributed by atoms with Gasteiger partial charge in [0.1, 0.15) is 5.54 Å². The summed E-state index contributed by atoms with van der Waals surface area (Å²) in [7, 11) is 0. The molecule has 1 heterocycles. The molecule has 6 nitrogen and oxygen atoms in total. The number of nitriles is 1. The van der Waals surface area contributed by atoms with Crippen LogP contribution in [0.1, 0.15) is 33.6 Å². The molecule has 0 spiro atoms. The average Bonchev–Trinajstić information content (AvgIpc) is 2.53. The van der Waals surface area contributed by atoms with E-state index in [2.05, 4.69) is 16.4 Å². The number of carbonyl (C=O) groups is 1. The van der Waals surface area contributed by atoms with Crippen LogP contribution in [-0.2, 0) is 11.3 Å². The largest absolute Gasteiger partial charge is 0.338 e. The predicted octanol–water partition coefficient (Wildman–Crippen LogP) is 2.23. The van der Waals surface area contributed by atoms with Gasteiger partial charge in [-0.15, -0.1) is 0 Å². The van der Waals surface area contributed by atoms with E-state index in [9.17, 15) is 14.9 Å². The first-order valence-electron chi connectivity index (χ1n) is 8.01. The third-order valence-electron chi connectivity index (χ3n) is 3.79. The summed E-state index contributed by atoms with van der Waals surface area (Å²) in [6.45, 7) is 5.95. The second-order valence-electron chi connectivity index (χ2n) is 6.60. The van der Waals surface area contributed by atoms with Crippen LogP contribution in [0, 0.1) is 17.2 Å². The molecule has 0 fully saturated rings. The molecule has 0 bridgehead atoms. The van der Waals surface area contributed by atoms with Gasteiger partial charge < -0.3 is 5.32 Å². The number of hydrogen-bond acceptors (Lipinski definition) is 4. The number of carbonyl (C=O) groups excluding carboxylic acids is 1. The van der Waals surface area contributed by atoms with E-state index in [0.717, 1.165) is 0 Å². The van der Waals surface area contributed by atoms with Crippen molar-refractivity contribution in [3.05, 3.63) is 40.9 Å². The van der Waals surface area contributed by atoms with Crippen molar-refractivity contribution in [1.29, 1.82) is 5.26 Å². The Morgan fingerprint density at radius 1 is 1.42 bits per heavy atom. The van der Waals surface area contributed by atoms with Gasteiger partial charge in [-0.2, -0.15) is 5.26 Å². The van der Waals surface area contributed by atoms with Crippen LogP contribution < -0.4 is 10.9 Å². The van der Waals surface area contributed by atoms with Crippen LogP contribution in [0.5, 0.6) is 0 Å². The molecule has 0 aliphatic rings. The van der Waals surface area contributed by atoms with Gasteiger partial charge in [0, 0.05) is 13.0 Å². The highest BCUT2D eigenvalue weighted by molar-refractivity contribution is 5.78. The zero-order chi connectivity index (χ0) is 17.7. The van der Waals surface area contributed by atoms with E-state index in [1.165, 1.54) is 10.9 Å². The summed E-state index contributed by atoms with van der Waals surface area (Å²) in [5, 5.41) is 12.6. The lowest BCUT2D eigenvalue weighted by Gasteiger charge is -2.25. The number of rotatable bonds is 6.